The Labute approximate surface area is 254 Å². The molecule has 1 atom stereocenters. The Kier molecular flexibility index (Phi) is 9.21. The molecule has 44 heavy (non-hydrogen) atoms. The van der Waals surface area contributed by atoms with Crippen LogP contribution in [0.15, 0.2) is 45.9 Å². The molecular weight excluding hydrogens is 569 g/mol. The third-order valence-corrected chi connectivity index (χ3v) is 7.66. The Hall–Kier alpha value is -4.81. The molecule has 2 N–H and O–H groups in total. The van der Waals surface area contributed by atoms with Crippen LogP contribution in [0, 0.1) is 12.7 Å². The minimum Gasteiger partial charge on any atom is -0.458 e. The maximum absolute atomic E-state index is 14.9. The summed E-state index contributed by atoms with van der Waals surface area (Å²) in [5.41, 5.74) is 0.700. The van der Waals surface area contributed by atoms with Gasteiger partial charge in [-0.25, -0.2) is 9.38 Å². The zero-order valence-electron chi connectivity index (χ0n) is 25.1. The summed E-state index contributed by atoms with van der Waals surface area (Å²) < 4.78 is 20.3. The predicted octanol–water partition coefficient (Wildman–Crippen LogP) is 3.18. The van der Waals surface area contributed by atoms with Crippen LogP contribution in [0.4, 0.5) is 10.1 Å². The number of hydrogen-bond acceptors (Lipinski definition) is 7. The first kappa shape index (κ1) is 30.6. The van der Waals surface area contributed by atoms with Crippen LogP contribution in [-0.4, -0.2) is 95.6 Å². The monoisotopic (exact) mass is 605 g/mol. The number of pyridine rings is 1. The van der Waals surface area contributed by atoms with Crippen LogP contribution < -0.4 is 10.6 Å². The van der Waals surface area contributed by atoms with Gasteiger partial charge < -0.3 is 24.4 Å². The Morgan fingerprint density at radius 1 is 1.09 bits per heavy atom. The molecule has 12 nitrogen and oxygen atoms in total. The van der Waals surface area contributed by atoms with E-state index in [9.17, 15) is 23.6 Å². The van der Waals surface area contributed by atoms with Crippen molar-refractivity contribution in [3.05, 3.63) is 59.4 Å². The minimum absolute atomic E-state index is 0.0224. The summed E-state index contributed by atoms with van der Waals surface area (Å²) in [4.78, 5) is 65.4. The summed E-state index contributed by atoms with van der Waals surface area (Å²) in [5, 5.41) is 6.16. The van der Waals surface area contributed by atoms with Gasteiger partial charge >= 0.3 is 0 Å². The fourth-order valence-corrected chi connectivity index (χ4v) is 5.35. The number of nitrogens with zero attached hydrogens (tertiary/aromatic N) is 5. The van der Waals surface area contributed by atoms with Gasteiger partial charge in [-0.1, -0.05) is 0 Å². The summed E-state index contributed by atoms with van der Waals surface area (Å²) in [7, 11) is 3.20. The van der Waals surface area contributed by atoms with Gasteiger partial charge in [-0.15, -0.1) is 0 Å². The minimum atomic E-state index is -0.880. The molecule has 4 amide bonds. The Morgan fingerprint density at radius 2 is 1.84 bits per heavy atom. The number of carbonyl (C=O) groups is 4. The van der Waals surface area contributed by atoms with E-state index >= 15 is 0 Å². The smallest absolute Gasteiger partial charge is 0.271 e. The number of aliphatic imine (C=N–C) groups is 1. The Balaban J connectivity index is 1.41. The van der Waals surface area contributed by atoms with Crippen molar-refractivity contribution in [3.8, 4) is 0 Å². The number of likely N-dealkylation sites (tertiary alicyclic amines) is 2. The number of furan rings is 1. The normalized spacial score (nSPS) is 17.5. The van der Waals surface area contributed by atoms with Crippen molar-refractivity contribution in [1.29, 1.82) is 0 Å². The molecular formula is C31H36FN7O5. The van der Waals surface area contributed by atoms with Crippen LogP contribution in [0.3, 0.4) is 0 Å². The van der Waals surface area contributed by atoms with Crippen molar-refractivity contribution in [2.24, 2.45) is 4.99 Å². The number of aryl methyl sites for hydroxylation is 1. The second-order valence-electron chi connectivity index (χ2n) is 11.3. The molecule has 2 aromatic heterocycles. The molecule has 0 aliphatic carbocycles. The maximum atomic E-state index is 14.9. The lowest BCUT2D eigenvalue weighted by Crippen LogP contribution is -2.45. The van der Waals surface area contributed by atoms with Crippen LogP contribution in [0.2, 0.25) is 0 Å². The van der Waals surface area contributed by atoms with Crippen molar-refractivity contribution in [2.45, 2.75) is 45.1 Å². The molecule has 1 aromatic carbocycles. The molecule has 5 rings (SSSR count). The second kappa shape index (κ2) is 13.2. The summed E-state index contributed by atoms with van der Waals surface area (Å²) >= 11 is 0. The molecule has 4 heterocycles. The van der Waals surface area contributed by atoms with Crippen molar-refractivity contribution < 1.29 is 28.0 Å². The lowest BCUT2D eigenvalue weighted by molar-refractivity contribution is -0.140. The molecule has 0 radical (unpaired) electrons. The average molecular weight is 606 g/mol. The quantitative estimate of drug-likeness (QED) is 0.325. The van der Waals surface area contributed by atoms with E-state index in [2.05, 4.69) is 20.6 Å². The third-order valence-electron chi connectivity index (χ3n) is 7.66. The number of aromatic nitrogens is 1. The fourth-order valence-electron chi connectivity index (χ4n) is 5.35. The first-order valence-corrected chi connectivity index (χ1v) is 14.7. The number of anilines is 1. The molecule has 2 saturated heterocycles. The van der Waals surface area contributed by atoms with E-state index in [-0.39, 0.29) is 52.8 Å². The molecule has 2 fully saturated rings. The Bertz CT molecular complexity index is 1590. The van der Waals surface area contributed by atoms with Crippen LogP contribution in [0.25, 0.3) is 11.0 Å². The average Bonchev–Trinajstić information content (AvgIpc) is 3.64. The van der Waals surface area contributed by atoms with E-state index in [1.54, 1.807) is 38.1 Å². The molecule has 3 aromatic rings. The van der Waals surface area contributed by atoms with Gasteiger partial charge in [0.2, 0.25) is 17.8 Å². The van der Waals surface area contributed by atoms with Gasteiger partial charge in [-0.05, 0) is 63.3 Å². The number of nitrogens with one attached hydrogen (secondary N) is 2. The number of hydrogen-bond donors (Lipinski definition) is 2. The van der Waals surface area contributed by atoms with E-state index in [1.807, 2.05) is 0 Å². The second-order valence-corrected chi connectivity index (χ2v) is 11.3. The van der Waals surface area contributed by atoms with Crippen LogP contribution in [0.1, 0.15) is 58.7 Å². The number of halogens is 1. The summed E-state index contributed by atoms with van der Waals surface area (Å²) in [5.74, 6) is -1.46. The Morgan fingerprint density at radius 3 is 2.55 bits per heavy atom. The number of rotatable bonds is 6. The third kappa shape index (κ3) is 7.04. The molecule has 0 saturated carbocycles. The highest BCUT2D eigenvalue weighted by atomic mass is 19.1. The number of guanidine groups is 1. The SMILES string of the molecule is Cc1cc2cc(NC(=NC3CCCCN(CC(=O)N4CCCC4)C3=O)NC(=O)c3ccc(C(=O)N(C)C)nc3)cc(F)c2o1. The first-order valence-electron chi connectivity index (χ1n) is 14.7. The molecule has 232 valence electrons. The number of benzene rings is 1. The highest BCUT2D eigenvalue weighted by Crippen LogP contribution is 2.26. The van der Waals surface area contributed by atoms with Gasteiger partial charge in [-0.3, -0.25) is 29.5 Å². The van der Waals surface area contributed by atoms with E-state index in [0.717, 1.165) is 12.8 Å². The summed E-state index contributed by atoms with van der Waals surface area (Å²) in [6.45, 7) is 3.51. The van der Waals surface area contributed by atoms with Crippen LogP contribution >= 0.6 is 0 Å². The molecule has 0 spiro atoms. The van der Waals surface area contributed by atoms with Crippen LogP contribution in [0.5, 0.6) is 0 Å². The van der Waals surface area contributed by atoms with Gasteiger partial charge in [0.1, 0.15) is 17.5 Å². The van der Waals surface area contributed by atoms with Gasteiger partial charge in [0.15, 0.2) is 11.4 Å². The molecule has 13 heteroatoms. The maximum Gasteiger partial charge on any atom is 0.271 e. The molecule has 2 aliphatic rings. The molecule has 2 aliphatic heterocycles. The lowest BCUT2D eigenvalue weighted by Gasteiger charge is -2.25. The van der Waals surface area contributed by atoms with Crippen molar-refractivity contribution in [3.63, 3.8) is 0 Å². The topological polar surface area (TPSA) is 140 Å². The highest BCUT2D eigenvalue weighted by molar-refractivity contribution is 6.11. The molecule has 1 unspecified atom stereocenters. The first-order chi connectivity index (χ1) is 21.1. The predicted molar refractivity (Wildman–Crippen MR) is 162 cm³/mol. The van der Waals surface area contributed by atoms with E-state index in [4.69, 9.17) is 4.42 Å². The number of fused-ring (bicyclic) bond motifs is 1. The summed E-state index contributed by atoms with van der Waals surface area (Å²) in [6.07, 6.45) is 4.99. The van der Waals surface area contributed by atoms with Gasteiger partial charge in [0, 0.05) is 57.1 Å². The van der Waals surface area contributed by atoms with E-state index in [0.29, 0.717) is 50.0 Å². The molecule has 0 bridgehead atoms. The zero-order valence-corrected chi connectivity index (χ0v) is 25.1. The number of carbonyl (C=O) groups excluding carboxylic acids is 4. The fraction of sp³-hybridized carbons (Fsp3) is 0.419. The van der Waals surface area contributed by atoms with Crippen molar-refractivity contribution >= 4 is 46.2 Å². The van der Waals surface area contributed by atoms with E-state index < -0.39 is 17.8 Å². The zero-order chi connectivity index (χ0) is 31.4. The largest absolute Gasteiger partial charge is 0.458 e. The van der Waals surface area contributed by atoms with Crippen molar-refractivity contribution in [1.82, 2.24) is 25.0 Å². The van der Waals surface area contributed by atoms with Gasteiger partial charge in [0.25, 0.3) is 11.8 Å². The standard InChI is InChI=1S/C31H36FN7O5/c1-19-14-21-15-22(16-23(32)27(21)44-19)34-31(36-28(41)20-9-10-24(33-17-20)29(42)37(2)3)35-25-8-4-5-13-39(30(25)43)18-26(40)38-11-6-7-12-38/h9-10,14-17,25H,4-8,11-13,18H2,1-3H3,(H2,34,35,36,41). The van der Waals surface area contributed by atoms with Crippen LogP contribution in [-0.2, 0) is 9.59 Å². The van der Waals surface area contributed by atoms with Crippen molar-refractivity contribution in [2.75, 3.05) is 45.6 Å². The number of amides is 4. The highest BCUT2D eigenvalue weighted by Gasteiger charge is 2.30. The van der Waals surface area contributed by atoms with E-state index in [1.165, 1.54) is 34.2 Å². The van der Waals surface area contributed by atoms with Gasteiger partial charge in [0.05, 0.1) is 12.1 Å². The van der Waals surface area contributed by atoms with Gasteiger partial charge in [-0.2, -0.15) is 0 Å². The summed E-state index contributed by atoms with van der Waals surface area (Å²) in [6, 6.07) is 6.57. The lowest BCUT2D eigenvalue weighted by atomic mass is 10.1.